The number of carbonyl (C=O) groups is 1. The van der Waals surface area contributed by atoms with Crippen molar-refractivity contribution in [2.24, 2.45) is 5.92 Å². The lowest BCUT2D eigenvalue weighted by molar-refractivity contribution is -0.770. The number of nitrogens with zero attached hydrogens (tertiary/aromatic N) is 1. The summed E-state index contributed by atoms with van der Waals surface area (Å²) in [5.41, 5.74) is 0. The second-order valence-electron chi connectivity index (χ2n) is 3.37. The van der Waals surface area contributed by atoms with Crippen LogP contribution in [0.2, 0.25) is 0 Å². The Bertz CT molecular complexity index is 256. The van der Waals surface area contributed by atoms with Crippen LogP contribution in [0.1, 0.15) is 19.8 Å². The average Bonchev–Trinajstić information content (AvgIpc) is 2.48. The Morgan fingerprint density at radius 1 is 1.53 bits per heavy atom. The fraction of sp³-hybridized carbons (Fsp3) is 0.875. The monoisotopic (exact) mass is 219 g/mol. The Labute approximate surface area is 86.1 Å². The van der Waals surface area contributed by atoms with Crippen LogP contribution in [0.4, 0.5) is 0 Å². The predicted molar refractivity (Wildman–Crippen MR) is 47.6 cm³/mol. The van der Waals surface area contributed by atoms with Crippen molar-refractivity contribution in [2.75, 3.05) is 6.61 Å². The summed E-state index contributed by atoms with van der Waals surface area (Å²) in [4.78, 5) is 25.3. The molecule has 0 unspecified atom stereocenters. The first kappa shape index (κ1) is 11.7. The molecule has 1 rings (SSSR count). The van der Waals surface area contributed by atoms with E-state index in [1.54, 1.807) is 6.92 Å². The van der Waals surface area contributed by atoms with Gasteiger partial charge in [-0.05, 0) is 19.8 Å². The molecule has 1 N–H and O–H groups in total. The molecule has 15 heavy (non-hydrogen) atoms. The lowest BCUT2D eigenvalue weighted by Crippen LogP contribution is -2.28. The van der Waals surface area contributed by atoms with E-state index in [4.69, 9.17) is 9.84 Å². The van der Waals surface area contributed by atoms with Gasteiger partial charge in [-0.25, -0.2) is 0 Å². The molecular weight excluding hydrogens is 206 g/mol. The summed E-state index contributed by atoms with van der Waals surface area (Å²) >= 11 is 0. The third kappa shape index (κ3) is 3.05. The van der Waals surface area contributed by atoms with Gasteiger partial charge < -0.3 is 14.7 Å². The minimum absolute atomic E-state index is 0.126. The smallest absolute Gasteiger partial charge is 0.306 e. The summed E-state index contributed by atoms with van der Waals surface area (Å²) in [6.45, 7) is 2.13. The maximum atomic E-state index is 10.7. The summed E-state index contributed by atoms with van der Waals surface area (Å²) in [5, 5.41) is 18.0. The first-order valence-corrected chi connectivity index (χ1v) is 4.70. The van der Waals surface area contributed by atoms with Crippen molar-refractivity contribution in [3.05, 3.63) is 10.1 Å². The topological polar surface area (TPSA) is 98.9 Å². The Kier molecular flexibility index (Phi) is 3.84. The number of hydrogen-bond acceptors (Lipinski definition) is 5. The maximum absolute atomic E-state index is 10.7. The lowest BCUT2D eigenvalue weighted by Gasteiger charge is -2.16. The summed E-state index contributed by atoms with van der Waals surface area (Å²) in [7, 11) is 0. The van der Waals surface area contributed by atoms with E-state index in [9.17, 15) is 14.9 Å². The zero-order valence-corrected chi connectivity index (χ0v) is 8.29. The van der Waals surface area contributed by atoms with Gasteiger partial charge in [0, 0.05) is 6.61 Å². The third-order valence-electron chi connectivity index (χ3n) is 2.40. The third-order valence-corrected chi connectivity index (χ3v) is 2.40. The van der Waals surface area contributed by atoms with Crippen molar-refractivity contribution in [2.45, 2.75) is 32.0 Å². The first-order valence-electron chi connectivity index (χ1n) is 4.70. The van der Waals surface area contributed by atoms with Crippen LogP contribution in [0.5, 0.6) is 0 Å². The predicted octanol–water partition coefficient (Wildman–Crippen LogP) is 0.463. The molecule has 1 fully saturated rings. The largest absolute Gasteiger partial charge is 0.481 e. The minimum Gasteiger partial charge on any atom is -0.481 e. The van der Waals surface area contributed by atoms with Crippen LogP contribution < -0.4 is 0 Å². The molecule has 86 valence electrons. The molecular formula is C8H13NO6. The molecule has 7 heteroatoms. The zero-order chi connectivity index (χ0) is 11.4. The molecule has 1 aliphatic rings. The van der Waals surface area contributed by atoms with Gasteiger partial charge in [-0.3, -0.25) is 4.79 Å². The molecule has 7 nitrogen and oxygen atoms in total. The van der Waals surface area contributed by atoms with E-state index in [2.05, 4.69) is 4.84 Å². The van der Waals surface area contributed by atoms with Crippen molar-refractivity contribution in [3.8, 4) is 0 Å². The average molecular weight is 219 g/mol. The highest BCUT2D eigenvalue weighted by molar-refractivity contribution is 5.70. The Morgan fingerprint density at radius 2 is 2.13 bits per heavy atom. The van der Waals surface area contributed by atoms with E-state index in [0.29, 0.717) is 6.61 Å². The number of rotatable bonds is 5. The second kappa shape index (κ2) is 4.92. The van der Waals surface area contributed by atoms with Crippen LogP contribution in [0.25, 0.3) is 0 Å². The van der Waals surface area contributed by atoms with E-state index in [0.717, 1.165) is 0 Å². The number of hydrogen-bond donors (Lipinski definition) is 1. The van der Waals surface area contributed by atoms with Gasteiger partial charge in [0.1, 0.15) is 6.10 Å². The van der Waals surface area contributed by atoms with E-state index in [1.165, 1.54) is 0 Å². The molecule has 0 bridgehead atoms. The van der Waals surface area contributed by atoms with Crippen LogP contribution in [0.15, 0.2) is 0 Å². The molecule has 0 aromatic heterocycles. The van der Waals surface area contributed by atoms with Crippen LogP contribution in [0.3, 0.4) is 0 Å². The van der Waals surface area contributed by atoms with Crippen molar-refractivity contribution in [3.63, 3.8) is 0 Å². The van der Waals surface area contributed by atoms with Crippen molar-refractivity contribution < 1.29 is 24.6 Å². The fourth-order valence-electron chi connectivity index (χ4n) is 1.77. The SMILES string of the molecule is CCO[C@@H]1C[C@H](C(=O)O)C[C@H]1O[N+](=O)[O-]. The highest BCUT2D eigenvalue weighted by atomic mass is 17.0. The normalized spacial score (nSPS) is 30.1. The molecule has 0 aromatic carbocycles. The summed E-state index contributed by atoms with van der Waals surface area (Å²) in [6.07, 6.45) is -0.870. The number of carboxylic acids is 1. The van der Waals surface area contributed by atoms with Gasteiger partial charge in [0.15, 0.2) is 0 Å². The van der Waals surface area contributed by atoms with Crippen LogP contribution in [-0.4, -0.2) is 35.0 Å². The van der Waals surface area contributed by atoms with Gasteiger partial charge >= 0.3 is 5.97 Å². The van der Waals surface area contributed by atoms with Crippen molar-refractivity contribution in [1.29, 1.82) is 0 Å². The lowest BCUT2D eigenvalue weighted by atomic mass is 10.1. The van der Waals surface area contributed by atoms with E-state index in [1.807, 2.05) is 0 Å². The molecule has 3 atom stereocenters. The maximum Gasteiger partial charge on any atom is 0.306 e. The first-order chi connectivity index (χ1) is 7.04. The van der Waals surface area contributed by atoms with Gasteiger partial charge in [0.2, 0.25) is 0 Å². The van der Waals surface area contributed by atoms with Gasteiger partial charge in [-0.15, -0.1) is 10.1 Å². The van der Waals surface area contributed by atoms with Gasteiger partial charge in [-0.2, -0.15) is 0 Å². The molecule has 0 amide bonds. The molecule has 0 spiro atoms. The van der Waals surface area contributed by atoms with E-state index >= 15 is 0 Å². The molecule has 0 aliphatic heterocycles. The summed E-state index contributed by atoms with van der Waals surface area (Å²) < 4.78 is 5.20. The number of aliphatic carboxylic acids is 1. The van der Waals surface area contributed by atoms with Crippen LogP contribution in [0, 0.1) is 16.0 Å². The highest BCUT2D eigenvalue weighted by Crippen LogP contribution is 2.30. The van der Waals surface area contributed by atoms with Crippen molar-refractivity contribution >= 4 is 5.97 Å². The quantitative estimate of drug-likeness (QED) is 0.532. The Hall–Kier alpha value is -1.37. The Balaban J connectivity index is 2.58. The van der Waals surface area contributed by atoms with E-state index < -0.39 is 29.2 Å². The van der Waals surface area contributed by atoms with E-state index in [-0.39, 0.29) is 12.8 Å². The summed E-state index contributed by atoms with van der Waals surface area (Å²) in [6, 6.07) is 0. The molecule has 0 heterocycles. The van der Waals surface area contributed by atoms with Crippen LogP contribution in [-0.2, 0) is 14.4 Å². The second-order valence-corrected chi connectivity index (χ2v) is 3.37. The zero-order valence-electron chi connectivity index (χ0n) is 8.29. The number of ether oxygens (including phenoxy) is 1. The highest BCUT2D eigenvalue weighted by Gasteiger charge is 2.40. The molecule has 0 saturated heterocycles. The standard InChI is InChI=1S/C8H13NO6/c1-2-14-6-3-5(8(10)11)4-7(6)15-9(12)13/h5-7H,2-4H2,1H3,(H,10,11)/t5-,6+,7+/m0/s1. The van der Waals surface area contributed by atoms with Crippen molar-refractivity contribution in [1.82, 2.24) is 0 Å². The van der Waals surface area contributed by atoms with Crippen LogP contribution >= 0.6 is 0 Å². The minimum atomic E-state index is -0.964. The Morgan fingerprint density at radius 3 is 2.60 bits per heavy atom. The van der Waals surface area contributed by atoms with Gasteiger partial charge in [-0.1, -0.05) is 0 Å². The molecule has 1 aliphatic carbocycles. The molecule has 1 saturated carbocycles. The number of carboxylic acid groups (broad SMARTS) is 1. The van der Waals surface area contributed by atoms with Gasteiger partial charge in [0.25, 0.3) is 5.09 Å². The van der Waals surface area contributed by atoms with Gasteiger partial charge in [0.05, 0.1) is 12.0 Å². The fourth-order valence-corrected chi connectivity index (χ4v) is 1.77. The summed E-state index contributed by atoms with van der Waals surface area (Å²) in [5.74, 6) is -1.58. The molecule has 0 radical (unpaired) electrons. The molecule has 0 aromatic rings.